The van der Waals surface area contributed by atoms with E-state index in [1.54, 1.807) is 19.1 Å². The van der Waals surface area contributed by atoms with E-state index < -0.39 is 0 Å². The Bertz CT molecular complexity index is 919. The quantitative estimate of drug-likeness (QED) is 0.486. The van der Waals surface area contributed by atoms with Crippen LogP contribution in [0.25, 0.3) is 10.9 Å². The lowest BCUT2D eigenvalue weighted by atomic mass is 10.2. The highest BCUT2D eigenvalue weighted by atomic mass is 35.5. The molecule has 0 aliphatic carbocycles. The summed E-state index contributed by atoms with van der Waals surface area (Å²) in [5.74, 6) is 1.05. The molecule has 2 N–H and O–H groups in total. The lowest BCUT2D eigenvalue weighted by molar-refractivity contribution is -0.115. The highest BCUT2D eigenvalue weighted by Crippen LogP contribution is 2.27. The molecule has 6 nitrogen and oxygen atoms in total. The molecule has 1 atom stereocenters. The Morgan fingerprint density at radius 1 is 1.23 bits per heavy atom. The van der Waals surface area contributed by atoms with Crippen molar-refractivity contribution in [1.29, 1.82) is 0 Å². The summed E-state index contributed by atoms with van der Waals surface area (Å²) in [5, 5.41) is 7.66. The molecule has 3 aromatic rings. The predicted octanol–water partition coefficient (Wildman–Crippen LogP) is 4.23. The smallest absolute Gasteiger partial charge is 0.238 e. The molecule has 0 aliphatic heterocycles. The fourth-order valence-electron chi connectivity index (χ4n) is 2.30. The standard InChI is InChI=1S/C18H18ClN5OS/c1-3-20-16-13-6-4-5-7-14(13)22-18(24-16)26-11(2)17(25)23-15-9-8-12(19)10-21-15/h4-11H,3H2,1-2H3,(H,20,22,24)(H,21,23,25). The summed E-state index contributed by atoms with van der Waals surface area (Å²) < 4.78 is 0. The maximum absolute atomic E-state index is 12.4. The van der Waals surface area contributed by atoms with Gasteiger partial charge in [-0.3, -0.25) is 4.79 Å². The van der Waals surface area contributed by atoms with Crippen molar-refractivity contribution in [3.63, 3.8) is 0 Å². The van der Waals surface area contributed by atoms with E-state index in [2.05, 4.69) is 25.6 Å². The number of amides is 1. The van der Waals surface area contributed by atoms with Crippen LogP contribution in [0.1, 0.15) is 13.8 Å². The van der Waals surface area contributed by atoms with Gasteiger partial charge in [0.15, 0.2) is 5.16 Å². The first-order valence-corrected chi connectivity index (χ1v) is 9.42. The number of hydrogen-bond acceptors (Lipinski definition) is 6. The molecule has 0 saturated carbocycles. The summed E-state index contributed by atoms with van der Waals surface area (Å²) >= 11 is 7.11. The minimum atomic E-state index is -0.386. The van der Waals surface area contributed by atoms with Crippen molar-refractivity contribution in [2.45, 2.75) is 24.3 Å². The topological polar surface area (TPSA) is 79.8 Å². The Kier molecular flexibility index (Phi) is 5.90. The van der Waals surface area contributed by atoms with Gasteiger partial charge in [0.25, 0.3) is 0 Å². The summed E-state index contributed by atoms with van der Waals surface area (Å²) in [6.07, 6.45) is 1.49. The maximum atomic E-state index is 12.4. The number of pyridine rings is 1. The molecule has 0 aliphatic rings. The van der Waals surface area contributed by atoms with Crippen molar-refractivity contribution in [3.05, 3.63) is 47.6 Å². The Balaban J connectivity index is 1.76. The third-order valence-corrected chi connectivity index (χ3v) is 4.74. The van der Waals surface area contributed by atoms with Gasteiger partial charge in [0.2, 0.25) is 5.91 Å². The van der Waals surface area contributed by atoms with E-state index in [-0.39, 0.29) is 11.2 Å². The summed E-state index contributed by atoms with van der Waals surface area (Å²) in [6, 6.07) is 11.1. The number of para-hydroxylation sites is 1. The molecule has 0 spiro atoms. The number of nitrogens with zero attached hydrogens (tertiary/aromatic N) is 3. The van der Waals surface area contributed by atoms with Gasteiger partial charge in [0, 0.05) is 18.1 Å². The number of rotatable bonds is 6. The van der Waals surface area contributed by atoms with E-state index in [0.29, 0.717) is 16.0 Å². The summed E-state index contributed by atoms with van der Waals surface area (Å²) in [7, 11) is 0. The third kappa shape index (κ3) is 4.42. The first-order valence-electron chi connectivity index (χ1n) is 8.16. The number of halogens is 1. The average Bonchev–Trinajstić information content (AvgIpc) is 2.64. The van der Waals surface area contributed by atoms with Crippen LogP contribution in [0.3, 0.4) is 0 Å². The molecule has 3 rings (SSSR count). The number of anilines is 2. The number of carbonyl (C=O) groups excluding carboxylic acids is 1. The number of aromatic nitrogens is 3. The molecule has 1 aromatic carbocycles. The van der Waals surface area contributed by atoms with Crippen LogP contribution in [-0.2, 0) is 4.79 Å². The number of nitrogens with one attached hydrogen (secondary N) is 2. The largest absolute Gasteiger partial charge is 0.370 e. The van der Waals surface area contributed by atoms with Gasteiger partial charge in [0.1, 0.15) is 11.6 Å². The zero-order chi connectivity index (χ0) is 18.5. The van der Waals surface area contributed by atoms with Crippen molar-refractivity contribution < 1.29 is 4.79 Å². The number of hydrogen-bond donors (Lipinski definition) is 2. The summed E-state index contributed by atoms with van der Waals surface area (Å²) in [5.41, 5.74) is 0.841. The van der Waals surface area contributed by atoms with E-state index in [4.69, 9.17) is 11.6 Å². The van der Waals surface area contributed by atoms with Crippen molar-refractivity contribution >= 4 is 51.8 Å². The van der Waals surface area contributed by atoms with Crippen LogP contribution in [-0.4, -0.2) is 32.7 Å². The van der Waals surface area contributed by atoms with Gasteiger partial charge in [-0.25, -0.2) is 15.0 Å². The van der Waals surface area contributed by atoms with Crippen LogP contribution in [0.4, 0.5) is 11.6 Å². The summed E-state index contributed by atoms with van der Waals surface area (Å²) in [6.45, 7) is 4.57. The Morgan fingerprint density at radius 3 is 2.77 bits per heavy atom. The molecule has 1 amide bonds. The van der Waals surface area contributed by atoms with Gasteiger partial charge >= 0.3 is 0 Å². The second kappa shape index (κ2) is 8.33. The van der Waals surface area contributed by atoms with Crippen molar-refractivity contribution in [2.75, 3.05) is 17.2 Å². The van der Waals surface area contributed by atoms with Crippen LogP contribution >= 0.6 is 23.4 Å². The van der Waals surface area contributed by atoms with E-state index in [1.807, 2.05) is 31.2 Å². The zero-order valence-corrected chi connectivity index (χ0v) is 15.9. The molecule has 8 heteroatoms. The predicted molar refractivity (Wildman–Crippen MR) is 107 cm³/mol. The Labute approximate surface area is 160 Å². The van der Waals surface area contributed by atoms with E-state index in [1.165, 1.54) is 18.0 Å². The van der Waals surface area contributed by atoms with Crippen LogP contribution < -0.4 is 10.6 Å². The van der Waals surface area contributed by atoms with Crippen molar-refractivity contribution in [2.24, 2.45) is 0 Å². The molecule has 1 unspecified atom stereocenters. The van der Waals surface area contributed by atoms with Crippen molar-refractivity contribution in [3.8, 4) is 0 Å². The van der Waals surface area contributed by atoms with Gasteiger partial charge in [-0.05, 0) is 38.1 Å². The Morgan fingerprint density at radius 2 is 2.04 bits per heavy atom. The number of carbonyl (C=O) groups is 1. The molecule has 0 radical (unpaired) electrons. The molecule has 26 heavy (non-hydrogen) atoms. The highest BCUT2D eigenvalue weighted by molar-refractivity contribution is 8.00. The van der Waals surface area contributed by atoms with Crippen LogP contribution in [0.2, 0.25) is 5.02 Å². The molecular formula is C18H18ClN5OS. The van der Waals surface area contributed by atoms with Gasteiger partial charge in [0.05, 0.1) is 15.8 Å². The SMILES string of the molecule is CCNc1nc(SC(C)C(=O)Nc2ccc(Cl)cn2)nc2ccccc12. The minimum Gasteiger partial charge on any atom is -0.370 e. The molecule has 2 aromatic heterocycles. The van der Waals surface area contributed by atoms with Crippen LogP contribution in [0.15, 0.2) is 47.8 Å². The molecular weight excluding hydrogens is 370 g/mol. The van der Waals surface area contributed by atoms with Gasteiger partial charge in [-0.2, -0.15) is 0 Å². The molecule has 134 valence electrons. The molecule has 0 fully saturated rings. The summed E-state index contributed by atoms with van der Waals surface area (Å²) in [4.78, 5) is 25.6. The Hall–Kier alpha value is -2.38. The average molecular weight is 388 g/mol. The highest BCUT2D eigenvalue weighted by Gasteiger charge is 2.18. The maximum Gasteiger partial charge on any atom is 0.238 e. The lowest BCUT2D eigenvalue weighted by Gasteiger charge is -2.13. The monoisotopic (exact) mass is 387 g/mol. The minimum absolute atomic E-state index is 0.174. The van der Waals surface area contributed by atoms with Crippen LogP contribution in [0.5, 0.6) is 0 Å². The van der Waals surface area contributed by atoms with E-state index in [0.717, 1.165) is 23.3 Å². The van der Waals surface area contributed by atoms with E-state index in [9.17, 15) is 4.79 Å². The second-order valence-corrected chi connectivity index (χ2v) is 7.26. The molecule has 2 heterocycles. The normalized spacial score (nSPS) is 12.0. The van der Waals surface area contributed by atoms with Crippen molar-refractivity contribution in [1.82, 2.24) is 15.0 Å². The van der Waals surface area contributed by atoms with Crippen LogP contribution in [0, 0.1) is 0 Å². The van der Waals surface area contributed by atoms with Gasteiger partial charge < -0.3 is 10.6 Å². The number of fused-ring (bicyclic) bond motifs is 1. The number of thioether (sulfide) groups is 1. The first kappa shape index (κ1) is 18.4. The molecule has 0 bridgehead atoms. The molecule has 0 saturated heterocycles. The van der Waals surface area contributed by atoms with E-state index >= 15 is 0 Å². The first-order chi connectivity index (χ1) is 12.6. The number of benzene rings is 1. The third-order valence-electron chi connectivity index (χ3n) is 3.56. The fourth-order valence-corrected chi connectivity index (χ4v) is 3.19. The van der Waals surface area contributed by atoms with Gasteiger partial charge in [-0.1, -0.05) is 35.5 Å². The second-order valence-electron chi connectivity index (χ2n) is 5.51. The zero-order valence-electron chi connectivity index (χ0n) is 14.4. The lowest BCUT2D eigenvalue weighted by Crippen LogP contribution is -2.23. The fraction of sp³-hybridized carbons (Fsp3) is 0.222. The van der Waals surface area contributed by atoms with Gasteiger partial charge in [-0.15, -0.1) is 0 Å².